The average Bonchev–Trinajstić information content (AvgIpc) is 2.47. The van der Waals surface area contributed by atoms with E-state index in [4.69, 9.17) is 18.0 Å². The number of piperidine rings is 1. The summed E-state index contributed by atoms with van der Waals surface area (Å²) in [5, 5.41) is 0. The number of amides is 1. The van der Waals surface area contributed by atoms with Crippen LogP contribution in [0, 0.1) is 5.92 Å². The molecule has 2 rings (SSSR count). The minimum Gasteiger partial charge on any atom is -0.435 e. The van der Waals surface area contributed by atoms with E-state index < -0.39 is 6.61 Å². The van der Waals surface area contributed by atoms with Gasteiger partial charge in [0.25, 0.3) is 5.91 Å². The highest BCUT2D eigenvalue weighted by Crippen LogP contribution is 2.21. The van der Waals surface area contributed by atoms with Crippen molar-refractivity contribution in [2.24, 2.45) is 11.7 Å². The Morgan fingerprint density at radius 1 is 1.29 bits per heavy atom. The van der Waals surface area contributed by atoms with Gasteiger partial charge in [0.05, 0.1) is 4.99 Å². The first-order chi connectivity index (χ1) is 9.97. The molecule has 4 nitrogen and oxygen atoms in total. The van der Waals surface area contributed by atoms with Gasteiger partial charge in [-0.3, -0.25) is 4.79 Å². The van der Waals surface area contributed by atoms with Crippen LogP contribution in [0.5, 0.6) is 5.75 Å². The van der Waals surface area contributed by atoms with Crippen molar-refractivity contribution >= 4 is 23.1 Å². The molecule has 0 unspecified atom stereocenters. The fraction of sp³-hybridized carbons (Fsp3) is 0.429. The van der Waals surface area contributed by atoms with Gasteiger partial charge < -0.3 is 15.4 Å². The Kier molecular flexibility index (Phi) is 5.06. The predicted molar refractivity (Wildman–Crippen MR) is 78.5 cm³/mol. The molecular formula is C14H16F2N2O2S. The van der Waals surface area contributed by atoms with Gasteiger partial charge in [-0.1, -0.05) is 12.2 Å². The van der Waals surface area contributed by atoms with E-state index in [-0.39, 0.29) is 17.6 Å². The number of hydrogen-bond acceptors (Lipinski definition) is 3. The number of thiocarbonyl (C=S) groups is 1. The van der Waals surface area contributed by atoms with Crippen LogP contribution in [-0.2, 0) is 0 Å². The molecule has 1 aromatic rings. The zero-order valence-corrected chi connectivity index (χ0v) is 12.1. The highest BCUT2D eigenvalue weighted by Gasteiger charge is 2.24. The Balaban J connectivity index is 1.96. The number of carbonyl (C=O) groups excluding carboxylic acids is 1. The molecule has 1 amide bonds. The molecule has 1 fully saturated rings. The molecule has 1 saturated heterocycles. The number of nitrogens with two attached hydrogens (primary N) is 1. The van der Waals surface area contributed by atoms with Crippen molar-refractivity contribution < 1.29 is 18.3 Å². The van der Waals surface area contributed by atoms with Crippen LogP contribution in [0.2, 0.25) is 0 Å². The van der Waals surface area contributed by atoms with Gasteiger partial charge in [-0.25, -0.2) is 0 Å². The van der Waals surface area contributed by atoms with E-state index in [9.17, 15) is 13.6 Å². The van der Waals surface area contributed by atoms with Crippen LogP contribution in [0.25, 0.3) is 0 Å². The van der Waals surface area contributed by atoms with Crippen molar-refractivity contribution in [2.45, 2.75) is 19.5 Å². The molecule has 0 aliphatic carbocycles. The van der Waals surface area contributed by atoms with Crippen molar-refractivity contribution in [2.75, 3.05) is 13.1 Å². The third kappa shape index (κ3) is 4.10. The second-order valence-electron chi connectivity index (χ2n) is 4.87. The predicted octanol–water partition coefficient (Wildman–Crippen LogP) is 2.43. The lowest BCUT2D eigenvalue weighted by Crippen LogP contribution is -2.41. The normalized spacial score (nSPS) is 16.0. The van der Waals surface area contributed by atoms with Crippen LogP contribution >= 0.6 is 12.2 Å². The van der Waals surface area contributed by atoms with Gasteiger partial charge >= 0.3 is 6.61 Å². The maximum absolute atomic E-state index is 12.3. The maximum atomic E-state index is 12.3. The summed E-state index contributed by atoms with van der Waals surface area (Å²) in [6.07, 6.45) is 1.52. The Labute approximate surface area is 126 Å². The number of benzene rings is 1. The molecule has 0 radical (unpaired) electrons. The molecular weight excluding hydrogens is 298 g/mol. The Morgan fingerprint density at radius 3 is 2.33 bits per heavy atom. The molecule has 0 saturated carbocycles. The van der Waals surface area contributed by atoms with E-state index >= 15 is 0 Å². The third-order valence-corrected chi connectivity index (χ3v) is 3.84. The number of ether oxygens (including phenoxy) is 1. The first-order valence-corrected chi connectivity index (χ1v) is 7.01. The van der Waals surface area contributed by atoms with Gasteiger partial charge in [-0.15, -0.1) is 0 Å². The molecule has 1 aliphatic rings. The second kappa shape index (κ2) is 6.80. The summed E-state index contributed by atoms with van der Waals surface area (Å²) in [6.45, 7) is -1.68. The molecule has 1 aromatic carbocycles. The SMILES string of the molecule is NC(=S)C1CCN(C(=O)c2ccc(OC(F)F)cc2)CC1. The van der Waals surface area contributed by atoms with Crippen LogP contribution in [0.4, 0.5) is 8.78 Å². The minimum atomic E-state index is -2.87. The fourth-order valence-electron chi connectivity index (χ4n) is 2.33. The summed E-state index contributed by atoms with van der Waals surface area (Å²) in [5.74, 6) is 0.0968. The Morgan fingerprint density at radius 2 is 1.86 bits per heavy atom. The lowest BCUT2D eigenvalue weighted by molar-refractivity contribution is -0.0498. The molecule has 114 valence electrons. The standard InChI is InChI=1S/C14H16F2N2O2S/c15-14(16)20-11-3-1-10(2-4-11)13(19)18-7-5-9(6-8-18)12(17)21/h1-4,9,14H,5-8H2,(H2,17,21). The van der Waals surface area contributed by atoms with Crippen molar-refractivity contribution in [3.05, 3.63) is 29.8 Å². The zero-order chi connectivity index (χ0) is 15.4. The number of carbonyl (C=O) groups is 1. The zero-order valence-electron chi connectivity index (χ0n) is 11.3. The smallest absolute Gasteiger partial charge is 0.387 e. The number of alkyl halides is 2. The lowest BCUT2D eigenvalue weighted by Gasteiger charge is -2.31. The summed E-state index contributed by atoms with van der Waals surface area (Å²) >= 11 is 4.96. The highest BCUT2D eigenvalue weighted by molar-refractivity contribution is 7.80. The number of likely N-dealkylation sites (tertiary alicyclic amines) is 1. The van der Waals surface area contributed by atoms with Gasteiger partial charge in [0.15, 0.2) is 0 Å². The number of halogens is 2. The van der Waals surface area contributed by atoms with E-state index in [1.54, 1.807) is 4.90 Å². The number of hydrogen-bond donors (Lipinski definition) is 1. The van der Waals surface area contributed by atoms with E-state index in [2.05, 4.69) is 4.74 Å². The molecule has 1 heterocycles. The van der Waals surface area contributed by atoms with E-state index in [1.807, 2.05) is 0 Å². The molecule has 0 spiro atoms. The molecule has 21 heavy (non-hydrogen) atoms. The monoisotopic (exact) mass is 314 g/mol. The first-order valence-electron chi connectivity index (χ1n) is 6.61. The first kappa shape index (κ1) is 15.6. The summed E-state index contributed by atoms with van der Waals surface area (Å²) < 4.78 is 28.4. The third-order valence-electron chi connectivity index (χ3n) is 3.51. The van der Waals surface area contributed by atoms with Crippen LogP contribution in [0.15, 0.2) is 24.3 Å². The average molecular weight is 314 g/mol. The van der Waals surface area contributed by atoms with Crippen molar-refractivity contribution in [3.8, 4) is 5.75 Å². The van der Waals surface area contributed by atoms with Crippen molar-refractivity contribution in [1.82, 2.24) is 4.90 Å². The summed E-state index contributed by atoms with van der Waals surface area (Å²) in [6, 6.07) is 5.70. The van der Waals surface area contributed by atoms with Gasteiger partial charge in [0.1, 0.15) is 5.75 Å². The van der Waals surface area contributed by atoms with E-state index in [0.29, 0.717) is 23.6 Å². The van der Waals surface area contributed by atoms with Crippen LogP contribution in [0.1, 0.15) is 23.2 Å². The second-order valence-corrected chi connectivity index (χ2v) is 5.34. The van der Waals surface area contributed by atoms with Gasteiger partial charge in [0, 0.05) is 24.6 Å². The summed E-state index contributed by atoms with van der Waals surface area (Å²) in [7, 11) is 0. The van der Waals surface area contributed by atoms with Crippen molar-refractivity contribution in [1.29, 1.82) is 0 Å². The van der Waals surface area contributed by atoms with Gasteiger partial charge in [0.2, 0.25) is 0 Å². The summed E-state index contributed by atoms with van der Waals surface area (Å²) in [5.41, 5.74) is 6.06. The largest absolute Gasteiger partial charge is 0.435 e. The fourth-order valence-corrected chi connectivity index (χ4v) is 2.56. The number of nitrogens with zero attached hydrogens (tertiary/aromatic N) is 1. The Hall–Kier alpha value is -1.76. The van der Waals surface area contributed by atoms with Crippen LogP contribution in [0.3, 0.4) is 0 Å². The molecule has 1 aliphatic heterocycles. The molecule has 0 atom stereocenters. The lowest BCUT2D eigenvalue weighted by atomic mass is 9.96. The van der Waals surface area contributed by atoms with E-state index in [1.165, 1.54) is 24.3 Å². The maximum Gasteiger partial charge on any atom is 0.387 e. The summed E-state index contributed by atoms with van der Waals surface area (Å²) in [4.78, 5) is 14.5. The van der Waals surface area contributed by atoms with Crippen molar-refractivity contribution in [3.63, 3.8) is 0 Å². The topological polar surface area (TPSA) is 55.6 Å². The highest BCUT2D eigenvalue weighted by atomic mass is 32.1. The molecule has 7 heteroatoms. The van der Waals surface area contributed by atoms with Gasteiger partial charge in [-0.05, 0) is 37.1 Å². The number of rotatable bonds is 4. The van der Waals surface area contributed by atoms with Crippen LogP contribution in [-0.4, -0.2) is 35.5 Å². The molecule has 0 bridgehead atoms. The van der Waals surface area contributed by atoms with Gasteiger partial charge in [-0.2, -0.15) is 8.78 Å². The molecule has 2 N–H and O–H groups in total. The quantitative estimate of drug-likeness (QED) is 0.867. The van der Waals surface area contributed by atoms with Crippen LogP contribution < -0.4 is 10.5 Å². The Bertz CT molecular complexity index is 514. The minimum absolute atomic E-state index is 0.0359. The molecule has 0 aromatic heterocycles. The van der Waals surface area contributed by atoms with E-state index in [0.717, 1.165) is 12.8 Å².